The first-order valence-corrected chi connectivity index (χ1v) is 2.19. The molecule has 0 unspecified atom stereocenters. The summed E-state index contributed by atoms with van der Waals surface area (Å²) >= 11 is 0. The van der Waals surface area contributed by atoms with Crippen molar-refractivity contribution in [2.24, 2.45) is 0 Å². The van der Waals surface area contributed by atoms with E-state index in [1.807, 2.05) is 0 Å². The molecule has 0 heterocycles. The number of halogens is 1. The van der Waals surface area contributed by atoms with E-state index in [0.717, 1.165) is 0 Å². The average Bonchev–Trinajstić information content (AvgIpc) is 0.722. The van der Waals surface area contributed by atoms with Crippen molar-refractivity contribution in [3.63, 3.8) is 0 Å². The first kappa shape index (κ1) is 22.6. The fourth-order valence-electron chi connectivity index (χ4n) is 0. The van der Waals surface area contributed by atoms with Crippen LogP contribution in [0.1, 0.15) is 0 Å². The van der Waals surface area contributed by atoms with Crippen molar-refractivity contribution in [2.45, 2.75) is 0 Å². The number of hydrogen-bond acceptors (Lipinski definition) is 4. The molecule has 0 saturated heterocycles. The van der Waals surface area contributed by atoms with Crippen LogP contribution < -0.4 is 27.1 Å². The van der Waals surface area contributed by atoms with Crippen molar-refractivity contribution in [2.75, 3.05) is 0 Å². The van der Waals surface area contributed by atoms with Gasteiger partial charge in [-0.3, -0.25) is 0 Å². The second kappa shape index (κ2) is 10.5. The van der Waals surface area contributed by atoms with Gasteiger partial charge in [0.05, 0.1) is 0 Å². The van der Waals surface area contributed by atoms with Crippen LogP contribution in [0.5, 0.6) is 0 Å². The Kier molecular flexibility index (Phi) is 29.7. The second-order valence-electron chi connectivity index (χ2n) is 0.447. The van der Waals surface area contributed by atoms with E-state index in [0.29, 0.717) is 0 Å². The Labute approximate surface area is 134 Å². The Morgan fingerprint density at radius 3 is 1.00 bits per heavy atom. The molecule has 0 aliphatic rings. The SMILES string of the molecule is O=P([O-])([O-])[O-].[Ba+2].[Ba+2].[Cl-]. The van der Waals surface area contributed by atoms with Gasteiger partial charge in [0.15, 0.2) is 0 Å². The zero-order valence-electron chi connectivity index (χ0n) is 3.87. The van der Waals surface area contributed by atoms with Gasteiger partial charge in [-0.15, -0.1) is 0 Å². The summed E-state index contributed by atoms with van der Waals surface area (Å²) in [5.41, 5.74) is 0. The molecule has 0 N–H and O–H groups in total. The van der Waals surface area contributed by atoms with Crippen LogP contribution in [-0.4, -0.2) is 97.8 Å². The third-order valence-corrected chi connectivity index (χ3v) is 0. The molecular weight excluding hydrogens is 405 g/mol. The van der Waals surface area contributed by atoms with E-state index in [4.69, 9.17) is 19.2 Å². The fraction of sp³-hybridized carbons (Fsp3) is 0. The number of rotatable bonds is 0. The predicted molar refractivity (Wildman–Crippen MR) is 19.1 cm³/mol. The number of hydrogen-bond donors (Lipinski definition) is 0. The van der Waals surface area contributed by atoms with E-state index < -0.39 is 7.82 Å². The Morgan fingerprint density at radius 1 is 1.00 bits per heavy atom. The molecule has 0 spiro atoms. The monoisotopic (exact) mass is 406 g/mol. The summed E-state index contributed by atoms with van der Waals surface area (Å²) in [6.45, 7) is 0. The van der Waals surface area contributed by atoms with Gasteiger partial charge in [-0.25, -0.2) is 0 Å². The van der Waals surface area contributed by atoms with Crippen LogP contribution in [-0.2, 0) is 4.57 Å². The molecule has 0 aliphatic heterocycles. The van der Waals surface area contributed by atoms with Gasteiger partial charge in [-0.1, -0.05) is 0 Å². The molecule has 0 aromatic carbocycles. The van der Waals surface area contributed by atoms with Crippen molar-refractivity contribution in [1.82, 2.24) is 0 Å². The number of phosphoric acid groups is 1. The van der Waals surface area contributed by atoms with Gasteiger partial charge in [-0.05, 0) is 0 Å². The molecule has 0 fully saturated rings. The zero-order valence-corrected chi connectivity index (χ0v) is 14.4. The first-order valence-electron chi connectivity index (χ1n) is 0.730. The van der Waals surface area contributed by atoms with Crippen LogP contribution in [0.25, 0.3) is 0 Å². The molecule has 0 saturated carbocycles. The molecule has 4 nitrogen and oxygen atoms in total. The normalized spacial score (nSPS) is 7.38. The largest absolute Gasteiger partial charge is 2.00 e. The summed E-state index contributed by atoms with van der Waals surface area (Å²) in [7, 11) is -5.39. The van der Waals surface area contributed by atoms with E-state index in [9.17, 15) is 0 Å². The maximum atomic E-state index is 8.55. The average molecular weight is 405 g/mol. The van der Waals surface area contributed by atoms with Gasteiger partial charge >= 0.3 is 97.8 Å². The Morgan fingerprint density at radius 2 is 1.00 bits per heavy atom. The maximum Gasteiger partial charge on any atom is 2.00 e. The van der Waals surface area contributed by atoms with Crippen LogP contribution in [0.15, 0.2) is 0 Å². The molecule has 0 radical (unpaired) electrons. The van der Waals surface area contributed by atoms with Gasteiger partial charge in [-0.2, -0.15) is 7.82 Å². The summed E-state index contributed by atoms with van der Waals surface area (Å²) in [4.78, 5) is 25.6. The van der Waals surface area contributed by atoms with Gasteiger partial charge in [0.25, 0.3) is 0 Å². The van der Waals surface area contributed by atoms with Crippen molar-refractivity contribution >= 4 is 106 Å². The van der Waals surface area contributed by atoms with E-state index in [2.05, 4.69) is 0 Å². The fourth-order valence-corrected chi connectivity index (χ4v) is 0. The molecule has 0 aromatic heterocycles. The summed E-state index contributed by atoms with van der Waals surface area (Å²) in [5.74, 6) is 0. The minimum absolute atomic E-state index is 0. The summed E-state index contributed by atoms with van der Waals surface area (Å²) in [5, 5.41) is 0. The molecule has 0 atom stereocenters. The molecule has 0 rings (SSSR count). The molecule has 0 aliphatic carbocycles. The smallest absolute Gasteiger partial charge is 1.00 e. The summed E-state index contributed by atoms with van der Waals surface area (Å²) < 4.78 is 8.55. The minimum atomic E-state index is -5.39. The van der Waals surface area contributed by atoms with E-state index >= 15 is 0 Å². The maximum absolute atomic E-state index is 8.55. The topological polar surface area (TPSA) is 86.2 Å². The van der Waals surface area contributed by atoms with Gasteiger partial charge in [0.2, 0.25) is 0 Å². The van der Waals surface area contributed by atoms with Gasteiger partial charge in [0.1, 0.15) is 0 Å². The molecule has 0 amide bonds. The van der Waals surface area contributed by atoms with Crippen LogP contribution >= 0.6 is 7.82 Å². The van der Waals surface area contributed by atoms with Crippen LogP contribution in [0.3, 0.4) is 0 Å². The van der Waals surface area contributed by atoms with Crippen LogP contribution in [0.2, 0.25) is 0 Å². The Balaban J connectivity index is -0.0000000267. The second-order valence-corrected chi connectivity index (χ2v) is 1.34. The Bertz CT molecular complexity index is 60.2. The van der Waals surface area contributed by atoms with Crippen LogP contribution in [0.4, 0.5) is 0 Å². The molecule has 0 aromatic rings. The van der Waals surface area contributed by atoms with Crippen LogP contribution in [0, 0.1) is 0 Å². The van der Waals surface area contributed by atoms with Crippen molar-refractivity contribution in [3.05, 3.63) is 0 Å². The Hall–Kier alpha value is 3.54. The molecular formula is Ba2ClO4P. The van der Waals surface area contributed by atoms with E-state index in [1.165, 1.54) is 0 Å². The summed E-state index contributed by atoms with van der Waals surface area (Å²) in [6, 6.07) is 0. The van der Waals surface area contributed by atoms with Gasteiger partial charge in [0, 0.05) is 0 Å². The first-order chi connectivity index (χ1) is 2.00. The predicted octanol–water partition coefficient (Wildman–Crippen LogP) is -6.58. The molecule has 8 heteroatoms. The minimum Gasteiger partial charge on any atom is -1.00 e. The van der Waals surface area contributed by atoms with E-state index in [-0.39, 0.29) is 110 Å². The third kappa shape index (κ3) is 55.5. The van der Waals surface area contributed by atoms with Crippen molar-refractivity contribution in [3.8, 4) is 0 Å². The summed E-state index contributed by atoms with van der Waals surface area (Å²) in [6.07, 6.45) is 0. The molecule has 8 heavy (non-hydrogen) atoms. The van der Waals surface area contributed by atoms with Crippen molar-refractivity contribution in [1.29, 1.82) is 0 Å². The van der Waals surface area contributed by atoms with Gasteiger partial charge < -0.3 is 31.7 Å². The third-order valence-electron chi connectivity index (χ3n) is 0. The zero-order chi connectivity index (χ0) is 4.50. The van der Waals surface area contributed by atoms with E-state index in [1.54, 1.807) is 0 Å². The molecule has 40 valence electrons. The molecule has 0 bridgehead atoms. The quantitative estimate of drug-likeness (QED) is 0.297. The van der Waals surface area contributed by atoms with Crippen molar-refractivity contribution < 1.29 is 31.7 Å². The standard InChI is InChI=1S/2Ba.ClH.H3O4P/c;;;1-5(2,3)4/h;;1H;(H3,1,2,3,4)/q2*+2;;/p-4.